The fourth-order valence-corrected chi connectivity index (χ4v) is 3.68. The van der Waals surface area contributed by atoms with Gasteiger partial charge < -0.3 is 15.4 Å². The summed E-state index contributed by atoms with van der Waals surface area (Å²) in [6.07, 6.45) is 8.66. The molecule has 1 aliphatic carbocycles. The minimum Gasteiger partial charge on any atom is -0.434 e. The maximum atomic E-state index is 12.7. The molecule has 9 heteroatoms. The molecule has 1 fully saturated rings. The van der Waals surface area contributed by atoms with Crippen LogP contribution in [0.25, 0.3) is 5.65 Å². The van der Waals surface area contributed by atoms with Crippen LogP contribution in [0.1, 0.15) is 48.0 Å². The molecule has 1 amide bonds. The average molecular weight is 415 g/mol. The summed E-state index contributed by atoms with van der Waals surface area (Å²) in [6.45, 7) is -2.65. The fraction of sp³-hybridized carbons (Fsp3) is 0.381. The Morgan fingerprint density at radius 2 is 2.00 bits per heavy atom. The number of carbonyl (C=O) groups excluding carboxylic acids is 1. The van der Waals surface area contributed by atoms with E-state index in [0.717, 1.165) is 25.7 Å². The molecular formula is C21H23F2N5O2. The number of hydrogen-bond donors (Lipinski definition) is 2. The van der Waals surface area contributed by atoms with E-state index >= 15 is 0 Å². The smallest absolute Gasteiger partial charge is 0.387 e. The third-order valence-electron chi connectivity index (χ3n) is 5.20. The summed E-state index contributed by atoms with van der Waals surface area (Å²) in [5.74, 6) is 0.428. The van der Waals surface area contributed by atoms with Crippen LogP contribution in [0.3, 0.4) is 0 Å². The summed E-state index contributed by atoms with van der Waals surface area (Å²) >= 11 is 0. The number of hydrogen-bond acceptors (Lipinski definition) is 5. The first-order chi connectivity index (χ1) is 14.6. The van der Waals surface area contributed by atoms with Gasteiger partial charge in [0.05, 0.1) is 6.20 Å². The molecule has 158 valence electrons. The quantitative estimate of drug-likeness (QED) is 0.610. The van der Waals surface area contributed by atoms with E-state index in [1.165, 1.54) is 23.2 Å². The van der Waals surface area contributed by atoms with Gasteiger partial charge in [-0.15, -0.1) is 0 Å². The molecule has 0 spiro atoms. The van der Waals surface area contributed by atoms with E-state index in [-0.39, 0.29) is 24.2 Å². The van der Waals surface area contributed by atoms with Crippen molar-refractivity contribution >= 4 is 17.4 Å². The van der Waals surface area contributed by atoms with Gasteiger partial charge in [0, 0.05) is 24.3 Å². The number of rotatable bonds is 7. The van der Waals surface area contributed by atoms with Crippen molar-refractivity contribution < 1.29 is 18.3 Å². The Balaban J connectivity index is 1.48. The molecule has 0 radical (unpaired) electrons. The zero-order valence-corrected chi connectivity index (χ0v) is 16.4. The van der Waals surface area contributed by atoms with E-state index in [9.17, 15) is 13.6 Å². The fourth-order valence-electron chi connectivity index (χ4n) is 3.68. The molecule has 0 saturated heterocycles. The molecular weight excluding hydrogens is 392 g/mol. The van der Waals surface area contributed by atoms with Crippen LogP contribution in [0.15, 0.2) is 42.7 Å². The maximum absolute atomic E-state index is 12.7. The van der Waals surface area contributed by atoms with Crippen molar-refractivity contribution in [3.8, 4) is 5.75 Å². The summed E-state index contributed by atoms with van der Waals surface area (Å²) in [6, 6.07) is 8.47. The molecule has 7 nitrogen and oxygen atoms in total. The number of benzene rings is 1. The predicted octanol–water partition coefficient (Wildman–Crippen LogP) is 4.01. The highest BCUT2D eigenvalue weighted by Crippen LogP contribution is 2.22. The second-order valence-corrected chi connectivity index (χ2v) is 7.29. The maximum Gasteiger partial charge on any atom is 0.387 e. The van der Waals surface area contributed by atoms with Crippen molar-refractivity contribution in [1.29, 1.82) is 0 Å². The van der Waals surface area contributed by atoms with Gasteiger partial charge in [-0.25, -0.2) is 9.50 Å². The van der Waals surface area contributed by atoms with Gasteiger partial charge in [-0.1, -0.05) is 37.5 Å². The summed E-state index contributed by atoms with van der Waals surface area (Å²) in [5, 5.41) is 10.4. The highest BCUT2D eigenvalue weighted by Gasteiger charge is 2.20. The molecule has 1 saturated carbocycles. The Labute approximate surface area is 172 Å². The Bertz CT molecular complexity index is 1020. The van der Waals surface area contributed by atoms with Crippen molar-refractivity contribution in [3.05, 3.63) is 53.9 Å². The lowest BCUT2D eigenvalue weighted by molar-refractivity contribution is -0.0504. The lowest BCUT2D eigenvalue weighted by atomic mass is 9.95. The molecule has 2 N–H and O–H groups in total. The van der Waals surface area contributed by atoms with E-state index in [1.807, 2.05) is 0 Å². The van der Waals surface area contributed by atoms with E-state index in [4.69, 9.17) is 0 Å². The normalized spacial score (nSPS) is 14.8. The molecule has 4 rings (SSSR count). The second-order valence-electron chi connectivity index (χ2n) is 7.29. The Morgan fingerprint density at radius 1 is 1.20 bits per heavy atom. The van der Waals surface area contributed by atoms with Crippen LogP contribution < -0.4 is 15.4 Å². The molecule has 3 aromatic rings. The Hall–Kier alpha value is -3.23. The number of halogens is 2. The van der Waals surface area contributed by atoms with Crippen molar-refractivity contribution in [3.63, 3.8) is 0 Å². The molecule has 1 aliphatic rings. The predicted molar refractivity (Wildman–Crippen MR) is 108 cm³/mol. The number of nitrogens with zero attached hydrogens (tertiary/aromatic N) is 3. The number of alkyl halides is 2. The number of anilines is 1. The molecule has 0 unspecified atom stereocenters. The third kappa shape index (κ3) is 4.67. The summed E-state index contributed by atoms with van der Waals surface area (Å²) < 4.78 is 31.3. The van der Waals surface area contributed by atoms with Gasteiger partial charge >= 0.3 is 6.61 Å². The Kier molecular flexibility index (Phi) is 6.06. The average Bonchev–Trinajstić information content (AvgIpc) is 3.17. The minimum absolute atomic E-state index is 0.109. The van der Waals surface area contributed by atoms with Crippen molar-refractivity contribution in [1.82, 2.24) is 19.9 Å². The van der Waals surface area contributed by atoms with Crippen LogP contribution in [-0.2, 0) is 6.54 Å². The molecule has 0 aliphatic heterocycles. The van der Waals surface area contributed by atoms with Gasteiger partial charge in [0.25, 0.3) is 5.91 Å². The van der Waals surface area contributed by atoms with Crippen LogP contribution in [0.4, 0.5) is 14.6 Å². The monoisotopic (exact) mass is 415 g/mol. The number of amides is 1. The van der Waals surface area contributed by atoms with Gasteiger partial charge in [0.15, 0.2) is 5.65 Å². The second kappa shape index (κ2) is 9.06. The first kappa shape index (κ1) is 20.1. The van der Waals surface area contributed by atoms with Crippen LogP contribution >= 0.6 is 0 Å². The van der Waals surface area contributed by atoms with Crippen LogP contribution in [0.2, 0.25) is 0 Å². The molecule has 2 aromatic heterocycles. The van der Waals surface area contributed by atoms with Crippen molar-refractivity contribution in [2.45, 2.75) is 51.3 Å². The van der Waals surface area contributed by atoms with Gasteiger partial charge in [0.1, 0.15) is 17.1 Å². The highest BCUT2D eigenvalue weighted by molar-refractivity contribution is 5.99. The van der Waals surface area contributed by atoms with Crippen molar-refractivity contribution in [2.75, 3.05) is 5.32 Å². The number of carbonyl (C=O) groups is 1. The molecule has 30 heavy (non-hydrogen) atoms. The lowest BCUT2D eigenvalue weighted by Crippen LogP contribution is -2.36. The van der Waals surface area contributed by atoms with Gasteiger partial charge in [-0.3, -0.25) is 4.79 Å². The van der Waals surface area contributed by atoms with E-state index in [0.29, 0.717) is 22.6 Å². The first-order valence-corrected chi connectivity index (χ1v) is 10.0. The number of aromatic nitrogens is 3. The van der Waals surface area contributed by atoms with Gasteiger partial charge in [0.2, 0.25) is 0 Å². The van der Waals surface area contributed by atoms with E-state index in [2.05, 4.69) is 25.5 Å². The number of nitrogens with one attached hydrogen (secondary N) is 2. The third-order valence-corrected chi connectivity index (χ3v) is 5.20. The lowest BCUT2D eigenvalue weighted by Gasteiger charge is -2.22. The zero-order valence-electron chi connectivity index (χ0n) is 16.4. The standard InChI is InChI=1S/C21H23F2N5O2/c22-21(23)30-17-9-5-4-6-14(17)12-24-18-10-11-28-19(27-18)16(13-25-28)20(29)26-15-7-2-1-3-8-15/h4-6,9-11,13,15,21H,1-3,7-8,12H2,(H,24,27)(H,26,29). The summed E-state index contributed by atoms with van der Waals surface area (Å²) in [5.41, 5.74) is 1.42. The van der Waals surface area contributed by atoms with E-state index < -0.39 is 6.61 Å². The molecule has 2 heterocycles. The first-order valence-electron chi connectivity index (χ1n) is 10.0. The number of ether oxygens (including phenoxy) is 1. The number of fused-ring (bicyclic) bond motifs is 1. The van der Waals surface area contributed by atoms with Crippen LogP contribution in [0.5, 0.6) is 5.75 Å². The molecule has 0 bridgehead atoms. The zero-order chi connectivity index (χ0) is 20.9. The highest BCUT2D eigenvalue weighted by atomic mass is 19.3. The SMILES string of the molecule is O=C(NC1CCCCC1)c1cnn2ccc(NCc3ccccc3OC(F)F)nc12. The van der Waals surface area contributed by atoms with Crippen molar-refractivity contribution in [2.24, 2.45) is 0 Å². The number of para-hydroxylation sites is 1. The molecule has 1 aromatic carbocycles. The summed E-state index contributed by atoms with van der Waals surface area (Å²) in [4.78, 5) is 17.2. The minimum atomic E-state index is -2.89. The topological polar surface area (TPSA) is 80.6 Å². The van der Waals surface area contributed by atoms with E-state index in [1.54, 1.807) is 30.5 Å². The molecule has 0 atom stereocenters. The van der Waals surface area contributed by atoms with Crippen LogP contribution in [0, 0.1) is 0 Å². The largest absolute Gasteiger partial charge is 0.434 e. The van der Waals surface area contributed by atoms with Crippen LogP contribution in [-0.4, -0.2) is 33.2 Å². The summed E-state index contributed by atoms with van der Waals surface area (Å²) in [7, 11) is 0. The van der Waals surface area contributed by atoms with Gasteiger partial charge in [-0.05, 0) is 25.0 Å². The van der Waals surface area contributed by atoms with Gasteiger partial charge in [-0.2, -0.15) is 13.9 Å². The Morgan fingerprint density at radius 3 is 2.80 bits per heavy atom.